The zero-order valence-corrected chi connectivity index (χ0v) is 24.6. The fourth-order valence-electron chi connectivity index (χ4n) is 5.77. The maximum Gasteiger partial charge on any atom is 0.334 e. The summed E-state index contributed by atoms with van der Waals surface area (Å²) >= 11 is 12.5. The molecule has 2 amide bonds. The van der Waals surface area contributed by atoms with E-state index in [1.807, 2.05) is 11.8 Å². The monoisotopic (exact) mass is 587 g/mol. The third kappa shape index (κ3) is 6.19. The summed E-state index contributed by atoms with van der Waals surface area (Å²) in [6.07, 6.45) is 1.66. The maximum atomic E-state index is 14.0. The number of amides is 2. The van der Waals surface area contributed by atoms with E-state index in [4.69, 9.17) is 33.3 Å². The summed E-state index contributed by atoms with van der Waals surface area (Å²) in [6.45, 7) is 8.30. The second-order valence-corrected chi connectivity index (χ2v) is 12.7. The van der Waals surface area contributed by atoms with Crippen molar-refractivity contribution in [2.24, 2.45) is 16.3 Å². The number of halogens is 2. The van der Waals surface area contributed by atoms with Crippen LogP contribution in [0.5, 0.6) is 0 Å². The Morgan fingerprint density at radius 1 is 1.10 bits per heavy atom. The number of aliphatic carboxylic acids is 1. The minimum absolute atomic E-state index is 0.157. The molecule has 0 aromatic heterocycles. The lowest BCUT2D eigenvalue weighted by molar-refractivity contribution is -0.146. The van der Waals surface area contributed by atoms with E-state index in [0.717, 1.165) is 31.2 Å². The number of carbonyl (C=O) groups excluding carboxylic acids is 2. The molecule has 1 aliphatic carbocycles. The molecule has 1 aliphatic heterocycles. The van der Waals surface area contributed by atoms with E-state index in [1.54, 1.807) is 42.5 Å². The summed E-state index contributed by atoms with van der Waals surface area (Å²) in [4.78, 5) is 44.3. The van der Waals surface area contributed by atoms with Crippen molar-refractivity contribution in [3.05, 3.63) is 69.2 Å². The molecule has 2 aromatic carbocycles. The first kappa shape index (κ1) is 30.0. The van der Waals surface area contributed by atoms with Gasteiger partial charge < -0.3 is 20.4 Å². The number of hydrogen-bond acceptors (Lipinski definition) is 5. The van der Waals surface area contributed by atoms with Crippen LogP contribution in [0.15, 0.2) is 47.5 Å². The molecule has 8 nitrogen and oxygen atoms in total. The number of aliphatic imine (C=N–C) groups is 1. The molecule has 1 saturated carbocycles. The van der Waals surface area contributed by atoms with Crippen LogP contribution in [-0.4, -0.2) is 56.9 Å². The number of carboxylic acid groups (broad SMARTS) is 1. The lowest BCUT2D eigenvalue weighted by atomic mass is 9.69. The van der Waals surface area contributed by atoms with Gasteiger partial charge in [0.1, 0.15) is 11.4 Å². The molecule has 1 heterocycles. The van der Waals surface area contributed by atoms with Gasteiger partial charge in [-0.05, 0) is 79.8 Å². The van der Waals surface area contributed by atoms with Gasteiger partial charge >= 0.3 is 5.97 Å². The van der Waals surface area contributed by atoms with Crippen molar-refractivity contribution in [2.75, 3.05) is 6.54 Å². The topological polar surface area (TPSA) is 119 Å². The highest BCUT2D eigenvalue weighted by atomic mass is 35.5. The molecule has 0 saturated heterocycles. The van der Waals surface area contributed by atoms with Crippen LogP contribution in [0.2, 0.25) is 10.0 Å². The van der Waals surface area contributed by atoms with Gasteiger partial charge in [0, 0.05) is 21.2 Å². The number of benzene rings is 2. The average molecular weight is 589 g/mol. The molecular weight excluding hydrogens is 553 g/mol. The first-order valence-corrected chi connectivity index (χ1v) is 14.2. The van der Waals surface area contributed by atoms with Crippen molar-refractivity contribution in [1.82, 2.24) is 10.2 Å². The zero-order valence-electron chi connectivity index (χ0n) is 23.1. The Kier molecular flexibility index (Phi) is 8.64. The highest BCUT2D eigenvalue weighted by Crippen LogP contribution is 2.49. The van der Waals surface area contributed by atoms with Gasteiger partial charge in [0.15, 0.2) is 6.10 Å². The summed E-state index contributed by atoms with van der Waals surface area (Å²) in [5.74, 6) is -1.59. The Labute approximate surface area is 244 Å². The van der Waals surface area contributed by atoms with E-state index < -0.39 is 30.2 Å². The predicted molar refractivity (Wildman–Crippen MR) is 155 cm³/mol. The van der Waals surface area contributed by atoms with Crippen LogP contribution in [0.1, 0.15) is 80.9 Å². The number of carboxylic acids is 1. The molecule has 10 heteroatoms. The average Bonchev–Trinajstić information content (AvgIpc) is 3.16. The van der Waals surface area contributed by atoms with Crippen LogP contribution in [0.25, 0.3) is 0 Å². The lowest BCUT2D eigenvalue weighted by Crippen LogP contribution is -2.50. The number of nitrogens with zero attached hydrogens (tertiary/aromatic N) is 2. The molecule has 0 bridgehead atoms. The van der Waals surface area contributed by atoms with E-state index in [-0.39, 0.29) is 17.4 Å². The third-order valence-electron chi connectivity index (χ3n) is 8.12. The van der Waals surface area contributed by atoms with Crippen molar-refractivity contribution in [1.29, 1.82) is 0 Å². The fraction of sp³-hybridized carbons (Fsp3) is 0.467. The van der Waals surface area contributed by atoms with Crippen molar-refractivity contribution < 1.29 is 24.6 Å². The molecule has 0 unspecified atom stereocenters. The molecule has 214 valence electrons. The van der Waals surface area contributed by atoms with Crippen LogP contribution in [-0.2, 0) is 9.59 Å². The summed E-state index contributed by atoms with van der Waals surface area (Å²) in [7, 11) is 0. The summed E-state index contributed by atoms with van der Waals surface area (Å²) in [5.41, 5.74) is 1.53. The van der Waals surface area contributed by atoms with Crippen LogP contribution in [0.4, 0.5) is 0 Å². The molecular formula is C30H35Cl2N3O5. The molecule has 4 rings (SSSR count). The van der Waals surface area contributed by atoms with Gasteiger partial charge in [0.05, 0.1) is 12.6 Å². The van der Waals surface area contributed by atoms with E-state index in [2.05, 4.69) is 26.1 Å². The molecule has 40 heavy (non-hydrogen) atoms. The summed E-state index contributed by atoms with van der Waals surface area (Å²) in [6, 6.07) is 11.5. The molecule has 2 aromatic rings. The normalized spacial score (nSPS) is 22.7. The fourth-order valence-corrected chi connectivity index (χ4v) is 6.29. The van der Waals surface area contributed by atoms with Gasteiger partial charge in [-0.3, -0.25) is 14.6 Å². The number of rotatable bonds is 7. The van der Waals surface area contributed by atoms with Crippen molar-refractivity contribution >= 4 is 46.7 Å². The Morgan fingerprint density at radius 2 is 1.68 bits per heavy atom. The van der Waals surface area contributed by atoms with Gasteiger partial charge in [-0.2, -0.15) is 0 Å². The SMILES string of the molecule is C[C@H](c1ccc(C(=O)NC[C@H](O)C(=O)O)cc1)N1C(=O)C(c2cc(Cl)cc(Cl)c2)=NC12CCC(C(C)(C)C)CC2. The molecule has 0 radical (unpaired) electrons. The Morgan fingerprint density at radius 3 is 2.20 bits per heavy atom. The number of aliphatic hydroxyl groups is 1. The van der Waals surface area contributed by atoms with Crippen LogP contribution in [0, 0.1) is 11.3 Å². The Bertz CT molecular complexity index is 1310. The minimum Gasteiger partial charge on any atom is -0.479 e. The highest BCUT2D eigenvalue weighted by Gasteiger charge is 2.52. The van der Waals surface area contributed by atoms with Gasteiger partial charge in [-0.1, -0.05) is 56.1 Å². The number of nitrogens with one attached hydrogen (secondary N) is 1. The molecule has 1 spiro atoms. The standard InChI is InChI=1S/C30H35Cl2N3O5/c1-17(18-5-7-19(8-6-18)26(37)33-16-24(36)28(39)40)35-27(38)25(20-13-22(31)15-23(32)14-20)34-30(35)11-9-21(10-12-30)29(2,3)4/h5-8,13-15,17,21,24,36H,9-12,16H2,1-4H3,(H,33,37)(H,39,40)/t17-,21?,24+,30?/m1/s1. The van der Waals surface area contributed by atoms with Crippen LogP contribution < -0.4 is 5.32 Å². The second-order valence-electron chi connectivity index (χ2n) is 11.8. The van der Waals surface area contributed by atoms with Gasteiger partial charge in [0.2, 0.25) is 0 Å². The van der Waals surface area contributed by atoms with Gasteiger partial charge in [0.25, 0.3) is 11.8 Å². The zero-order chi connectivity index (χ0) is 29.4. The van der Waals surface area contributed by atoms with Crippen LogP contribution >= 0.6 is 23.2 Å². The first-order chi connectivity index (χ1) is 18.7. The van der Waals surface area contributed by atoms with Crippen molar-refractivity contribution in [2.45, 2.75) is 71.2 Å². The minimum atomic E-state index is -1.68. The van der Waals surface area contributed by atoms with Crippen LogP contribution in [0.3, 0.4) is 0 Å². The number of carbonyl (C=O) groups is 3. The van der Waals surface area contributed by atoms with Gasteiger partial charge in [-0.15, -0.1) is 0 Å². The predicted octanol–water partition coefficient (Wildman–Crippen LogP) is 5.49. The third-order valence-corrected chi connectivity index (χ3v) is 8.56. The quantitative estimate of drug-likeness (QED) is 0.395. The smallest absolute Gasteiger partial charge is 0.334 e. The van der Waals surface area contributed by atoms with E-state index in [0.29, 0.717) is 32.8 Å². The summed E-state index contributed by atoms with van der Waals surface area (Å²) in [5, 5.41) is 21.5. The van der Waals surface area contributed by atoms with Crippen molar-refractivity contribution in [3.8, 4) is 0 Å². The number of hydrogen-bond donors (Lipinski definition) is 3. The second kappa shape index (κ2) is 11.5. The summed E-state index contributed by atoms with van der Waals surface area (Å²) < 4.78 is 0. The Balaban J connectivity index is 1.62. The molecule has 3 N–H and O–H groups in total. The van der Waals surface area contributed by atoms with Gasteiger partial charge in [-0.25, -0.2) is 4.79 Å². The first-order valence-electron chi connectivity index (χ1n) is 13.4. The molecule has 2 atom stereocenters. The maximum absolute atomic E-state index is 14.0. The highest BCUT2D eigenvalue weighted by molar-refractivity contribution is 6.47. The largest absolute Gasteiger partial charge is 0.479 e. The lowest BCUT2D eigenvalue weighted by Gasteiger charge is -2.46. The molecule has 2 aliphatic rings. The van der Waals surface area contributed by atoms with E-state index in [1.165, 1.54) is 0 Å². The Hall–Kier alpha value is -2.94. The van der Waals surface area contributed by atoms with E-state index in [9.17, 15) is 19.5 Å². The molecule has 1 fully saturated rings. The van der Waals surface area contributed by atoms with Crippen molar-refractivity contribution in [3.63, 3.8) is 0 Å². The number of aliphatic hydroxyl groups excluding tert-OH is 1. The van der Waals surface area contributed by atoms with E-state index >= 15 is 0 Å².